The fraction of sp³-hybridized carbons (Fsp3) is 0.0952. The van der Waals surface area contributed by atoms with E-state index in [0.29, 0.717) is 22.4 Å². The van der Waals surface area contributed by atoms with Crippen molar-refractivity contribution in [2.24, 2.45) is 4.99 Å². The molecule has 3 aromatic rings. The first-order chi connectivity index (χ1) is 14.0. The van der Waals surface area contributed by atoms with E-state index in [-0.39, 0.29) is 22.9 Å². The highest BCUT2D eigenvalue weighted by atomic mass is 16.5. The number of esters is 2. The first-order valence-electron chi connectivity index (χ1n) is 8.63. The van der Waals surface area contributed by atoms with E-state index in [9.17, 15) is 14.4 Å². The van der Waals surface area contributed by atoms with E-state index in [1.54, 1.807) is 42.5 Å². The summed E-state index contributed by atoms with van der Waals surface area (Å²) in [4.78, 5) is 40.9. The van der Waals surface area contributed by atoms with E-state index in [4.69, 9.17) is 9.47 Å². The smallest absolute Gasteiger partial charge is 0.357 e. The molecule has 1 amide bonds. The van der Waals surface area contributed by atoms with Crippen LogP contribution in [-0.2, 0) is 9.47 Å². The Kier molecular flexibility index (Phi) is 4.52. The van der Waals surface area contributed by atoms with Crippen molar-refractivity contribution in [1.29, 1.82) is 0 Å². The lowest BCUT2D eigenvalue weighted by Crippen LogP contribution is -2.15. The minimum Gasteiger partial charge on any atom is -0.465 e. The van der Waals surface area contributed by atoms with Crippen molar-refractivity contribution >= 4 is 24.1 Å². The van der Waals surface area contributed by atoms with Crippen LogP contribution in [0.2, 0.25) is 0 Å². The van der Waals surface area contributed by atoms with Gasteiger partial charge in [0.15, 0.2) is 5.69 Å². The van der Waals surface area contributed by atoms with Gasteiger partial charge in [-0.1, -0.05) is 30.3 Å². The van der Waals surface area contributed by atoms with Crippen LogP contribution in [0.15, 0.2) is 53.5 Å². The second-order valence-corrected chi connectivity index (χ2v) is 6.17. The van der Waals surface area contributed by atoms with Gasteiger partial charge in [-0.25, -0.2) is 19.3 Å². The molecule has 0 radical (unpaired) electrons. The average Bonchev–Trinajstić information content (AvgIpc) is 3.34. The fourth-order valence-electron chi connectivity index (χ4n) is 3.16. The second kappa shape index (κ2) is 7.16. The Morgan fingerprint density at radius 2 is 1.69 bits per heavy atom. The molecule has 0 saturated carbocycles. The van der Waals surface area contributed by atoms with Crippen molar-refractivity contribution in [3.63, 3.8) is 0 Å². The molecule has 0 saturated heterocycles. The lowest BCUT2D eigenvalue weighted by Gasteiger charge is -2.07. The number of aliphatic imine (C=N–C) groups is 1. The number of para-hydroxylation sites is 1. The average molecular weight is 389 g/mol. The van der Waals surface area contributed by atoms with Gasteiger partial charge in [-0.15, -0.1) is 0 Å². The highest BCUT2D eigenvalue weighted by Crippen LogP contribution is 2.31. The summed E-state index contributed by atoms with van der Waals surface area (Å²) in [6.45, 7) is 0. The molecule has 1 aliphatic heterocycles. The zero-order valence-corrected chi connectivity index (χ0v) is 15.6. The minimum absolute atomic E-state index is 0.0467. The number of aromatic nitrogens is 2. The van der Waals surface area contributed by atoms with Crippen molar-refractivity contribution in [1.82, 2.24) is 9.78 Å². The molecule has 0 N–H and O–H groups in total. The maximum atomic E-state index is 12.6. The molecule has 0 aliphatic carbocycles. The van der Waals surface area contributed by atoms with Crippen molar-refractivity contribution in [2.75, 3.05) is 14.2 Å². The largest absolute Gasteiger partial charge is 0.465 e. The van der Waals surface area contributed by atoms with Crippen LogP contribution < -0.4 is 0 Å². The summed E-state index contributed by atoms with van der Waals surface area (Å²) in [5, 5.41) is 4.50. The van der Waals surface area contributed by atoms with Gasteiger partial charge in [0, 0.05) is 17.3 Å². The second-order valence-electron chi connectivity index (χ2n) is 6.17. The van der Waals surface area contributed by atoms with Crippen LogP contribution in [0.25, 0.3) is 16.9 Å². The molecule has 2 heterocycles. The van der Waals surface area contributed by atoms with Crippen molar-refractivity contribution in [2.45, 2.75) is 0 Å². The molecular formula is C21H15N3O5. The van der Waals surface area contributed by atoms with Crippen LogP contribution in [0.1, 0.15) is 36.8 Å². The Hall–Kier alpha value is -4.07. The van der Waals surface area contributed by atoms with Crippen LogP contribution in [0, 0.1) is 0 Å². The number of amides is 1. The number of fused-ring (bicyclic) bond motifs is 1. The Balaban J connectivity index is 2.01. The first-order valence-corrected chi connectivity index (χ1v) is 8.63. The predicted molar refractivity (Wildman–Crippen MR) is 104 cm³/mol. The highest BCUT2D eigenvalue weighted by Gasteiger charge is 2.31. The third-order valence-electron chi connectivity index (χ3n) is 4.53. The standard InChI is InChI=1S/C21H15N3O5/c1-28-20(26)16-17(12-8-9-13-11-22-19(25)15(13)10-12)23-24(18(16)21(27)29-2)14-6-4-3-5-7-14/h3-11H,1-2H3. The molecule has 0 unspecified atom stereocenters. The third kappa shape index (κ3) is 3.00. The molecular weight excluding hydrogens is 374 g/mol. The molecule has 0 spiro atoms. The number of methoxy groups -OCH3 is 2. The van der Waals surface area contributed by atoms with Gasteiger partial charge in [0.25, 0.3) is 5.91 Å². The first kappa shape index (κ1) is 18.3. The third-order valence-corrected chi connectivity index (χ3v) is 4.53. The van der Waals surface area contributed by atoms with Gasteiger partial charge in [-0.3, -0.25) is 4.79 Å². The zero-order chi connectivity index (χ0) is 20.5. The van der Waals surface area contributed by atoms with Gasteiger partial charge in [0.1, 0.15) is 11.3 Å². The Labute approximate surface area is 165 Å². The Bertz CT molecular complexity index is 1180. The van der Waals surface area contributed by atoms with E-state index in [2.05, 4.69) is 10.1 Å². The zero-order valence-electron chi connectivity index (χ0n) is 15.6. The molecule has 1 aliphatic rings. The summed E-state index contributed by atoms with van der Waals surface area (Å²) in [6, 6.07) is 13.9. The van der Waals surface area contributed by atoms with E-state index >= 15 is 0 Å². The molecule has 8 nitrogen and oxygen atoms in total. The summed E-state index contributed by atoms with van der Waals surface area (Å²) >= 11 is 0. The van der Waals surface area contributed by atoms with Gasteiger partial charge in [0.2, 0.25) is 0 Å². The number of ether oxygens (including phenoxy) is 2. The fourth-order valence-corrected chi connectivity index (χ4v) is 3.16. The SMILES string of the molecule is COC(=O)c1c(-c2ccc3c(c2)C(=O)N=C3)nn(-c2ccccc2)c1C(=O)OC. The molecule has 0 fully saturated rings. The molecule has 144 valence electrons. The number of nitrogens with zero attached hydrogens (tertiary/aromatic N) is 3. The van der Waals surface area contributed by atoms with E-state index in [1.807, 2.05) is 6.07 Å². The Morgan fingerprint density at radius 3 is 2.38 bits per heavy atom. The van der Waals surface area contributed by atoms with Gasteiger partial charge >= 0.3 is 11.9 Å². The van der Waals surface area contributed by atoms with Crippen molar-refractivity contribution in [3.8, 4) is 16.9 Å². The summed E-state index contributed by atoms with van der Waals surface area (Å²) in [6.07, 6.45) is 1.48. The molecule has 0 atom stereocenters. The maximum Gasteiger partial charge on any atom is 0.357 e. The van der Waals surface area contributed by atoms with E-state index in [1.165, 1.54) is 25.1 Å². The highest BCUT2D eigenvalue weighted by molar-refractivity contribution is 6.14. The summed E-state index contributed by atoms with van der Waals surface area (Å²) in [5.41, 5.74) is 2.19. The Morgan fingerprint density at radius 1 is 0.966 bits per heavy atom. The van der Waals surface area contributed by atoms with Crippen LogP contribution in [0.4, 0.5) is 0 Å². The monoisotopic (exact) mass is 389 g/mol. The number of benzene rings is 2. The van der Waals surface area contributed by atoms with Crippen LogP contribution in [0.3, 0.4) is 0 Å². The van der Waals surface area contributed by atoms with Crippen LogP contribution in [0.5, 0.6) is 0 Å². The van der Waals surface area contributed by atoms with Gasteiger partial charge in [0.05, 0.1) is 25.5 Å². The molecule has 8 heteroatoms. The predicted octanol–water partition coefficient (Wildman–Crippen LogP) is 2.69. The molecule has 4 rings (SSSR count). The summed E-state index contributed by atoms with van der Waals surface area (Å²) in [5.74, 6) is -1.86. The van der Waals surface area contributed by atoms with Crippen molar-refractivity contribution in [3.05, 3.63) is 70.9 Å². The number of carbonyl (C=O) groups is 3. The normalized spacial score (nSPS) is 12.0. The molecule has 1 aromatic heterocycles. The van der Waals surface area contributed by atoms with Crippen LogP contribution >= 0.6 is 0 Å². The lowest BCUT2D eigenvalue weighted by molar-refractivity contribution is 0.0549. The number of hydrogen-bond acceptors (Lipinski definition) is 6. The maximum absolute atomic E-state index is 12.6. The number of rotatable bonds is 4. The topological polar surface area (TPSA) is 99.9 Å². The van der Waals surface area contributed by atoms with Gasteiger partial charge in [-0.2, -0.15) is 5.10 Å². The minimum atomic E-state index is -0.745. The van der Waals surface area contributed by atoms with Crippen molar-refractivity contribution < 1.29 is 23.9 Å². The van der Waals surface area contributed by atoms with E-state index < -0.39 is 11.9 Å². The number of hydrogen-bond donors (Lipinski definition) is 0. The van der Waals surface area contributed by atoms with Crippen LogP contribution in [-0.4, -0.2) is 48.1 Å². The quantitative estimate of drug-likeness (QED) is 0.636. The molecule has 29 heavy (non-hydrogen) atoms. The van der Waals surface area contributed by atoms with Gasteiger partial charge < -0.3 is 9.47 Å². The van der Waals surface area contributed by atoms with Gasteiger partial charge in [-0.05, 0) is 18.2 Å². The summed E-state index contributed by atoms with van der Waals surface area (Å²) in [7, 11) is 2.43. The molecule has 0 bridgehead atoms. The number of carbonyl (C=O) groups excluding carboxylic acids is 3. The summed E-state index contributed by atoms with van der Waals surface area (Å²) < 4.78 is 11.1. The van der Waals surface area contributed by atoms with E-state index in [0.717, 1.165) is 0 Å². The molecule has 2 aromatic carbocycles. The lowest BCUT2D eigenvalue weighted by atomic mass is 10.0.